The number of aliphatic hydroxyl groups excluding tert-OH is 1. The van der Waals surface area contributed by atoms with Crippen LogP contribution in [0.5, 0.6) is 5.75 Å². The molecule has 3 rings (SSSR count). The quantitative estimate of drug-likeness (QED) is 0.872. The monoisotopic (exact) mass is 234 g/mol. The summed E-state index contributed by atoms with van der Waals surface area (Å²) in [7, 11) is 1.64. The molecular formula is C14H18O3. The summed E-state index contributed by atoms with van der Waals surface area (Å²) in [6.07, 6.45) is 3.35. The Labute approximate surface area is 101 Å². The number of methoxy groups -OCH3 is 1. The molecule has 1 aromatic rings. The van der Waals surface area contributed by atoms with E-state index in [1.165, 1.54) is 0 Å². The van der Waals surface area contributed by atoms with E-state index < -0.39 is 6.10 Å². The van der Waals surface area contributed by atoms with Gasteiger partial charge in [0.05, 0.1) is 25.4 Å². The van der Waals surface area contributed by atoms with E-state index in [1.807, 2.05) is 24.3 Å². The second-order valence-corrected chi connectivity index (χ2v) is 4.96. The molecule has 3 nitrogen and oxygen atoms in total. The van der Waals surface area contributed by atoms with Gasteiger partial charge in [-0.1, -0.05) is 18.2 Å². The maximum Gasteiger partial charge on any atom is 0.124 e. The molecule has 4 unspecified atom stereocenters. The maximum atomic E-state index is 10.5. The lowest BCUT2D eigenvalue weighted by Crippen LogP contribution is -2.23. The standard InChI is InChI=1S/C14H18O3/c1-16-12-5-3-2-4-10(12)14(15)11-8-9-6-7-13(11)17-9/h2-5,9,11,13-15H,6-8H2,1H3. The molecule has 0 spiro atoms. The van der Waals surface area contributed by atoms with Gasteiger partial charge in [0, 0.05) is 11.5 Å². The van der Waals surface area contributed by atoms with Crippen LogP contribution in [0.15, 0.2) is 24.3 Å². The van der Waals surface area contributed by atoms with Crippen LogP contribution in [0.3, 0.4) is 0 Å². The lowest BCUT2D eigenvalue weighted by molar-refractivity contribution is 0.0412. The number of para-hydroxylation sites is 1. The molecule has 2 aliphatic rings. The minimum absolute atomic E-state index is 0.227. The van der Waals surface area contributed by atoms with Crippen molar-refractivity contribution in [2.24, 2.45) is 5.92 Å². The first kappa shape index (κ1) is 11.1. The fourth-order valence-electron chi connectivity index (χ4n) is 3.15. The van der Waals surface area contributed by atoms with Crippen molar-refractivity contribution in [3.05, 3.63) is 29.8 Å². The van der Waals surface area contributed by atoms with Gasteiger partial charge in [-0.3, -0.25) is 0 Å². The van der Waals surface area contributed by atoms with E-state index in [1.54, 1.807) is 7.11 Å². The van der Waals surface area contributed by atoms with E-state index in [-0.39, 0.29) is 12.0 Å². The molecule has 0 amide bonds. The number of fused-ring (bicyclic) bond motifs is 2. The zero-order valence-electron chi connectivity index (χ0n) is 10.0. The molecule has 2 bridgehead atoms. The summed E-state index contributed by atoms with van der Waals surface area (Å²) in [6, 6.07) is 7.70. The summed E-state index contributed by atoms with van der Waals surface area (Å²) in [6.45, 7) is 0. The fraction of sp³-hybridized carbons (Fsp3) is 0.571. The maximum absolute atomic E-state index is 10.5. The van der Waals surface area contributed by atoms with Crippen LogP contribution in [0.1, 0.15) is 30.9 Å². The Bertz CT molecular complexity index is 404. The molecule has 2 heterocycles. The Hall–Kier alpha value is -1.06. The largest absolute Gasteiger partial charge is 0.496 e. The molecule has 0 aliphatic carbocycles. The third-order valence-electron chi connectivity index (χ3n) is 4.02. The first-order valence-electron chi connectivity index (χ1n) is 6.26. The van der Waals surface area contributed by atoms with Gasteiger partial charge >= 0.3 is 0 Å². The highest BCUT2D eigenvalue weighted by molar-refractivity contribution is 5.35. The summed E-state index contributed by atoms with van der Waals surface area (Å²) in [5.74, 6) is 0.993. The second kappa shape index (κ2) is 4.31. The number of hydrogen-bond acceptors (Lipinski definition) is 3. The number of benzene rings is 1. The van der Waals surface area contributed by atoms with Crippen molar-refractivity contribution in [2.75, 3.05) is 7.11 Å². The molecule has 0 aromatic heterocycles. The van der Waals surface area contributed by atoms with Crippen LogP contribution in [0, 0.1) is 5.92 Å². The van der Waals surface area contributed by atoms with Crippen molar-refractivity contribution in [3.8, 4) is 5.75 Å². The highest BCUT2D eigenvalue weighted by Crippen LogP contribution is 2.45. The molecule has 2 aliphatic heterocycles. The van der Waals surface area contributed by atoms with E-state index in [2.05, 4.69) is 0 Å². The predicted octanol–water partition coefficient (Wildman–Crippen LogP) is 2.30. The summed E-state index contributed by atoms with van der Waals surface area (Å²) >= 11 is 0. The Kier molecular flexibility index (Phi) is 2.81. The molecule has 0 saturated carbocycles. The fourth-order valence-corrected chi connectivity index (χ4v) is 3.15. The molecule has 2 fully saturated rings. The van der Waals surface area contributed by atoms with Gasteiger partial charge in [-0.2, -0.15) is 0 Å². The Morgan fingerprint density at radius 1 is 1.35 bits per heavy atom. The Balaban J connectivity index is 1.84. The highest BCUT2D eigenvalue weighted by Gasteiger charge is 2.44. The van der Waals surface area contributed by atoms with Crippen molar-refractivity contribution < 1.29 is 14.6 Å². The zero-order chi connectivity index (χ0) is 11.8. The van der Waals surface area contributed by atoms with Crippen LogP contribution in [-0.4, -0.2) is 24.4 Å². The minimum atomic E-state index is -0.471. The number of ether oxygens (including phenoxy) is 2. The van der Waals surface area contributed by atoms with E-state index >= 15 is 0 Å². The van der Waals surface area contributed by atoms with Crippen LogP contribution in [0.25, 0.3) is 0 Å². The van der Waals surface area contributed by atoms with Gasteiger partial charge in [0.1, 0.15) is 5.75 Å². The van der Waals surface area contributed by atoms with Crippen molar-refractivity contribution in [1.29, 1.82) is 0 Å². The summed E-state index contributed by atoms with van der Waals surface area (Å²) in [5, 5.41) is 10.5. The van der Waals surface area contributed by atoms with Crippen LogP contribution in [0.2, 0.25) is 0 Å². The predicted molar refractivity (Wildman–Crippen MR) is 64.0 cm³/mol. The zero-order valence-corrected chi connectivity index (χ0v) is 10.0. The van der Waals surface area contributed by atoms with Crippen molar-refractivity contribution in [2.45, 2.75) is 37.6 Å². The summed E-state index contributed by atoms with van der Waals surface area (Å²) < 4.78 is 11.1. The van der Waals surface area contributed by atoms with Crippen molar-refractivity contribution in [3.63, 3.8) is 0 Å². The molecule has 17 heavy (non-hydrogen) atoms. The van der Waals surface area contributed by atoms with Crippen molar-refractivity contribution >= 4 is 0 Å². The van der Waals surface area contributed by atoms with Gasteiger partial charge in [0.25, 0.3) is 0 Å². The second-order valence-electron chi connectivity index (χ2n) is 4.96. The average Bonchev–Trinajstić information content (AvgIpc) is 3.00. The van der Waals surface area contributed by atoms with Crippen molar-refractivity contribution in [1.82, 2.24) is 0 Å². The van der Waals surface area contributed by atoms with E-state index in [0.717, 1.165) is 30.6 Å². The van der Waals surface area contributed by atoms with Gasteiger partial charge in [0.2, 0.25) is 0 Å². The smallest absolute Gasteiger partial charge is 0.124 e. The first-order valence-corrected chi connectivity index (χ1v) is 6.26. The Morgan fingerprint density at radius 2 is 2.18 bits per heavy atom. The third kappa shape index (κ3) is 1.83. The topological polar surface area (TPSA) is 38.7 Å². The molecular weight excluding hydrogens is 216 g/mol. The average molecular weight is 234 g/mol. The molecule has 1 N–H and O–H groups in total. The number of aliphatic hydroxyl groups is 1. The third-order valence-corrected chi connectivity index (χ3v) is 4.02. The number of hydrogen-bond donors (Lipinski definition) is 1. The minimum Gasteiger partial charge on any atom is -0.496 e. The van der Waals surface area contributed by atoms with E-state index in [4.69, 9.17) is 9.47 Å². The van der Waals surface area contributed by atoms with Crippen LogP contribution < -0.4 is 4.74 Å². The van der Waals surface area contributed by atoms with Crippen LogP contribution in [0.4, 0.5) is 0 Å². The lowest BCUT2D eigenvalue weighted by atomic mass is 9.82. The molecule has 2 saturated heterocycles. The van der Waals surface area contributed by atoms with Crippen LogP contribution in [-0.2, 0) is 4.74 Å². The molecule has 1 aromatic carbocycles. The normalized spacial score (nSPS) is 32.7. The number of rotatable bonds is 3. The Morgan fingerprint density at radius 3 is 2.82 bits per heavy atom. The van der Waals surface area contributed by atoms with Crippen LogP contribution >= 0.6 is 0 Å². The molecule has 4 atom stereocenters. The highest BCUT2D eigenvalue weighted by atomic mass is 16.5. The van der Waals surface area contributed by atoms with Gasteiger partial charge in [-0.05, 0) is 25.3 Å². The molecule has 3 heteroatoms. The van der Waals surface area contributed by atoms with Gasteiger partial charge in [0.15, 0.2) is 0 Å². The molecule has 92 valence electrons. The van der Waals surface area contributed by atoms with E-state index in [9.17, 15) is 5.11 Å². The summed E-state index contributed by atoms with van der Waals surface area (Å²) in [4.78, 5) is 0. The van der Waals surface area contributed by atoms with Gasteiger partial charge in [-0.15, -0.1) is 0 Å². The first-order chi connectivity index (χ1) is 8.29. The van der Waals surface area contributed by atoms with E-state index in [0.29, 0.717) is 6.10 Å². The van der Waals surface area contributed by atoms with Gasteiger partial charge < -0.3 is 14.6 Å². The van der Waals surface area contributed by atoms with Gasteiger partial charge in [-0.25, -0.2) is 0 Å². The lowest BCUT2D eigenvalue weighted by Gasteiger charge is -2.25. The molecule has 0 radical (unpaired) electrons. The SMILES string of the molecule is COc1ccccc1C(O)C1CC2CCC1O2. The summed E-state index contributed by atoms with van der Waals surface area (Å²) in [5.41, 5.74) is 0.885.